The topological polar surface area (TPSA) is 76.8 Å². The first-order valence-corrected chi connectivity index (χ1v) is 11.7. The maximum absolute atomic E-state index is 13.6. The van der Waals surface area contributed by atoms with E-state index >= 15 is 0 Å². The van der Waals surface area contributed by atoms with Crippen LogP contribution in [-0.2, 0) is 32.5 Å². The molecule has 0 saturated carbocycles. The Kier molecular flexibility index (Phi) is 6.15. The first-order chi connectivity index (χ1) is 14.9. The van der Waals surface area contributed by atoms with Gasteiger partial charge in [-0.3, -0.25) is 4.79 Å². The van der Waals surface area contributed by atoms with Gasteiger partial charge in [0, 0.05) is 11.6 Å². The van der Waals surface area contributed by atoms with E-state index in [1.54, 1.807) is 54.6 Å². The number of carbonyl (C=O) groups excluding carboxylic acids is 1. The molecule has 0 radical (unpaired) electrons. The lowest BCUT2D eigenvalue weighted by atomic mass is 10.1. The zero-order valence-corrected chi connectivity index (χ0v) is 18.1. The zero-order valence-electron chi connectivity index (χ0n) is 16.5. The minimum absolute atomic E-state index is 0.0741. The fraction of sp³-hybridized carbons (Fsp3) is 0.174. The minimum atomic E-state index is -3.68. The third kappa shape index (κ3) is 4.84. The van der Waals surface area contributed by atoms with Gasteiger partial charge >= 0.3 is 0 Å². The number of rotatable bonds is 6. The van der Waals surface area contributed by atoms with Crippen LogP contribution in [0.25, 0.3) is 4.91 Å². The predicted molar refractivity (Wildman–Crippen MR) is 118 cm³/mol. The van der Waals surface area contributed by atoms with Crippen LogP contribution in [0.4, 0.5) is 0 Å². The Morgan fingerprint density at radius 1 is 0.968 bits per heavy atom. The van der Waals surface area contributed by atoms with Crippen LogP contribution in [0, 0.1) is 0 Å². The van der Waals surface area contributed by atoms with Gasteiger partial charge in [0.25, 0.3) is 5.91 Å². The Morgan fingerprint density at radius 3 is 2.39 bits per heavy atom. The number of nitrogens with zero attached hydrogens (tertiary/aromatic N) is 1. The van der Waals surface area contributed by atoms with Crippen molar-refractivity contribution in [2.24, 2.45) is 0 Å². The number of ether oxygens (including phenoxy) is 1. The van der Waals surface area contributed by atoms with Crippen LogP contribution in [0.15, 0.2) is 83.2 Å². The molecule has 2 heterocycles. The second-order valence-electron chi connectivity index (χ2n) is 7.06. The Bertz CT molecular complexity index is 1190. The van der Waals surface area contributed by atoms with E-state index in [4.69, 9.17) is 20.8 Å². The molecule has 160 valence electrons. The maximum atomic E-state index is 13.6. The predicted octanol–water partition coefficient (Wildman–Crippen LogP) is 4.28. The summed E-state index contributed by atoms with van der Waals surface area (Å²) in [5, 5.41) is 0.587. The van der Waals surface area contributed by atoms with Crippen molar-refractivity contribution in [1.29, 1.82) is 0 Å². The van der Waals surface area contributed by atoms with E-state index in [-0.39, 0.29) is 36.1 Å². The number of furan rings is 1. The van der Waals surface area contributed by atoms with Gasteiger partial charge < -0.3 is 14.1 Å². The SMILES string of the molecule is O=C(C1=C(c2ccccc2)S(=O)(=O)CCO1)N(Cc1ccc(Cl)cc1)Cc1ccco1. The molecule has 6 nitrogen and oxygen atoms in total. The summed E-state index contributed by atoms with van der Waals surface area (Å²) in [4.78, 5) is 15.0. The average Bonchev–Trinajstić information content (AvgIpc) is 3.27. The van der Waals surface area contributed by atoms with Crippen molar-refractivity contribution < 1.29 is 22.4 Å². The molecule has 0 spiro atoms. The van der Waals surface area contributed by atoms with Crippen molar-refractivity contribution >= 4 is 32.3 Å². The van der Waals surface area contributed by atoms with E-state index in [0.29, 0.717) is 16.3 Å². The molecule has 0 unspecified atom stereocenters. The lowest BCUT2D eigenvalue weighted by Gasteiger charge is -2.27. The standard InChI is InChI=1S/C23H20ClNO5S/c24-19-10-8-17(9-11-19)15-25(16-20-7-4-12-29-20)23(26)21-22(18-5-2-1-3-6-18)31(27,28)14-13-30-21/h1-12H,13-16H2. The molecule has 1 aliphatic rings. The van der Waals surface area contributed by atoms with Crippen molar-refractivity contribution in [3.8, 4) is 0 Å². The Hall–Kier alpha value is -3.03. The van der Waals surface area contributed by atoms with Gasteiger partial charge in [0.2, 0.25) is 5.76 Å². The van der Waals surface area contributed by atoms with E-state index in [0.717, 1.165) is 5.56 Å². The van der Waals surface area contributed by atoms with Crippen LogP contribution < -0.4 is 0 Å². The molecule has 0 aliphatic carbocycles. The summed E-state index contributed by atoms with van der Waals surface area (Å²) in [5.74, 6) is -0.294. The highest BCUT2D eigenvalue weighted by Crippen LogP contribution is 2.31. The van der Waals surface area contributed by atoms with E-state index in [9.17, 15) is 13.2 Å². The van der Waals surface area contributed by atoms with Gasteiger partial charge in [-0.1, -0.05) is 54.1 Å². The zero-order chi connectivity index (χ0) is 21.8. The molecule has 4 rings (SSSR count). The molecule has 1 aliphatic heterocycles. The van der Waals surface area contributed by atoms with Gasteiger partial charge in [0.15, 0.2) is 9.84 Å². The second-order valence-corrected chi connectivity index (χ2v) is 9.54. The third-order valence-electron chi connectivity index (χ3n) is 4.85. The van der Waals surface area contributed by atoms with Crippen LogP contribution in [-0.4, -0.2) is 31.6 Å². The number of hydrogen-bond acceptors (Lipinski definition) is 5. The van der Waals surface area contributed by atoms with Gasteiger partial charge in [-0.2, -0.15) is 0 Å². The minimum Gasteiger partial charge on any atom is -0.486 e. The molecular formula is C23H20ClNO5S. The summed E-state index contributed by atoms with van der Waals surface area (Å²) < 4.78 is 36.9. The molecule has 1 aromatic heterocycles. The van der Waals surface area contributed by atoms with Crippen molar-refractivity contribution in [3.63, 3.8) is 0 Å². The smallest absolute Gasteiger partial charge is 0.291 e. The monoisotopic (exact) mass is 457 g/mol. The van der Waals surface area contributed by atoms with E-state index in [1.807, 2.05) is 12.1 Å². The van der Waals surface area contributed by atoms with Crippen LogP contribution in [0.3, 0.4) is 0 Å². The summed E-state index contributed by atoms with van der Waals surface area (Å²) in [6.07, 6.45) is 1.52. The third-order valence-corrected chi connectivity index (χ3v) is 6.85. The second kappa shape index (κ2) is 8.99. The molecule has 31 heavy (non-hydrogen) atoms. The summed E-state index contributed by atoms with van der Waals surface area (Å²) in [5.41, 5.74) is 1.26. The van der Waals surface area contributed by atoms with E-state index in [2.05, 4.69) is 0 Å². The number of benzene rings is 2. The number of carbonyl (C=O) groups is 1. The van der Waals surface area contributed by atoms with Crippen LogP contribution >= 0.6 is 11.6 Å². The molecule has 0 fully saturated rings. The van der Waals surface area contributed by atoms with Gasteiger partial charge in [0.05, 0.1) is 18.6 Å². The molecule has 2 aromatic carbocycles. The fourth-order valence-electron chi connectivity index (χ4n) is 3.37. The lowest BCUT2D eigenvalue weighted by molar-refractivity contribution is -0.132. The first kappa shape index (κ1) is 21.2. The molecule has 0 bridgehead atoms. The number of halogens is 1. The van der Waals surface area contributed by atoms with E-state index < -0.39 is 15.7 Å². The van der Waals surface area contributed by atoms with Crippen molar-refractivity contribution in [2.45, 2.75) is 13.1 Å². The Balaban J connectivity index is 1.76. The maximum Gasteiger partial charge on any atom is 0.291 e. The van der Waals surface area contributed by atoms with Crippen molar-refractivity contribution in [3.05, 3.63) is 101 Å². The quantitative estimate of drug-likeness (QED) is 0.552. The van der Waals surface area contributed by atoms with Crippen molar-refractivity contribution in [2.75, 3.05) is 12.4 Å². The fourth-order valence-corrected chi connectivity index (χ4v) is 4.92. The number of hydrogen-bond donors (Lipinski definition) is 0. The molecular weight excluding hydrogens is 438 g/mol. The number of sulfone groups is 1. The van der Waals surface area contributed by atoms with Crippen LogP contribution in [0.5, 0.6) is 0 Å². The van der Waals surface area contributed by atoms with Crippen LogP contribution in [0.2, 0.25) is 5.02 Å². The van der Waals surface area contributed by atoms with Gasteiger partial charge in [-0.25, -0.2) is 8.42 Å². The van der Waals surface area contributed by atoms with Gasteiger partial charge in [-0.15, -0.1) is 0 Å². The summed E-state index contributed by atoms with van der Waals surface area (Å²) >= 11 is 5.98. The van der Waals surface area contributed by atoms with Gasteiger partial charge in [0.1, 0.15) is 17.3 Å². The summed E-state index contributed by atoms with van der Waals surface area (Å²) in [6, 6.07) is 19.1. The molecule has 0 N–H and O–H groups in total. The molecule has 3 aromatic rings. The molecule has 0 atom stereocenters. The summed E-state index contributed by atoms with van der Waals surface area (Å²) in [7, 11) is -3.68. The number of amides is 1. The van der Waals surface area contributed by atoms with Crippen LogP contribution in [0.1, 0.15) is 16.9 Å². The molecule has 1 amide bonds. The largest absolute Gasteiger partial charge is 0.486 e. The highest BCUT2D eigenvalue weighted by atomic mass is 35.5. The Labute approximate surface area is 185 Å². The highest BCUT2D eigenvalue weighted by molar-refractivity contribution is 8.00. The first-order valence-electron chi connectivity index (χ1n) is 9.65. The summed E-state index contributed by atoms with van der Waals surface area (Å²) in [6.45, 7) is 0.310. The Morgan fingerprint density at radius 2 is 1.71 bits per heavy atom. The van der Waals surface area contributed by atoms with E-state index in [1.165, 1.54) is 11.2 Å². The molecule has 8 heteroatoms. The van der Waals surface area contributed by atoms with Gasteiger partial charge in [-0.05, 0) is 35.4 Å². The highest BCUT2D eigenvalue weighted by Gasteiger charge is 2.35. The lowest BCUT2D eigenvalue weighted by Crippen LogP contribution is -2.35. The molecule has 0 saturated heterocycles. The normalized spacial score (nSPS) is 15.4. The van der Waals surface area contributed by atoms with Crippen molar-refractivity contribution in [1.82, 2.24) is 4.90 Å². The average molecular weight is 458 g/mol.